The van der Waals surface area contributed by atoms with Crippen LogP contribution in [0.3, 0.4) is 0 Å². The van der Waals surface area contributed by atoms with Crippen LogP contribution in [0.1, 0.15) is 19.8 Å². The molecule has 0 amide bonds. The topological polar surface area (TPSA) is 17.1 Å². The second-order valence-electron chi connectivity index (χ2n) is 1.83. The Balaban J connectivity index is 3.72. The molecule has 0 aliphatic heterocycles. The normalized spacial score (nSPS) is 12.0. The van der Waals surface area contributed by atoms with E-state index in [0.29, 0.717) is 0 Å². The molecule has 1 nitrogen and oxygen atoms in total. The van der Waals surface area contributed by atoms with Crippen molar-refractivity contribution in [3.63, 3.8) is 0 Å². The fourth-order valence-corrected chi connectivity index (χ4v) is 0.744. The van der Waals surface area contributed by atoms with Crippen molar-refractivity contribution in [2.75, 3.05) is 0 Å². The van der Waals surface area contributed by atoms with E-state index in [0.717, 1.165) is 12.8 Å². The minimum absolute atomic E-state index is 0.306. The third-order valence-corrected chi connectivity index (χ3v) is 1.35. The van der Waals surface area contributed by atoms with Gasteiger partial charge in [0.05, 0.1) is 5.92 Å². The maximum Gasteiger partial charge on any atom is 0.233 e. The van der Waals surface area contributed by atoms with Gasteiger partial charge in [-0.05, 0) is 19.0 Å². The molecule has 0 saturated heterocycles. The molecule has 1 unspecified atom stereocenters. The second-order valence-corrected chi connectivity index (χ2v) is 2.23. The van der Waals surface area contributed by atoms with Crippen LogP contribution in [0.25, 0.3) is 0 Å². The second kappa shape index (κ2) is 4.34. The van der Waals surface area contributed by atoms with Crippen molar-refractivity contribution in [1.29, 1.82) is 0 Å². The van der Waals surface area contributed by atoms with Crippen LogP contribution in [0.4, 0.5) is 0 Å². The van der Waals surface area contributed by atoms with Crippen LogP contribution < -0.4 is 0 Å². The van der Waals surface area contributed by atoms with E-state index in [2.05, 4.69) is 18.5 Å². The lowest BCUT2D eigenvalue weighted by molar-refractivity contribution is -0.112. The molecule has 0 heterocycles. The molecule has 0 saturated carbocycles. The molecule has 0 aromatic heterocycles. The van der Waals surface area contributed by atoms with Crippen molar-refractivity contribution in [2.45, 2.75) is 19.8 Å². The minimum atomic E-state index is -0.329. The van der Waals surface area contributed by atoms with Crippen molar-refractivity contribution in [1.82, 2.24) is 0 Å². The third-order valence-electron chi connectivity index (χ3n) is 1.06. The Kier molecular flexibility index (Phi) is 4.08. The van der Waals surface area contributed by atoms with E-state index in [-0.39, 0.29) is 11.0 Å². The first kappa shape index (κ1) is 8.45. The van der Waals surface area contributed by atoms with E-state index in [4.69, 9.17) is 6.42 Å². The molecule has 0 aliphatic rings. The monoisotopic (exact) mass is 141 g/mol. The third kappa shape index (κ3) is 3.10. The lowest BCUT2D eigenvalue weighted by atomic mass is 10.1. The van der Waals surface area contributed by atoms with Crippen LogP contribution in [-0.2, 0) is 4.79 Å². The quantitative estimate of drug-likeness (QED) is 0.547. The first-order chi connectivity index (χ1) is 4.22. The standard InChI is InChI=1S/C7H9OS/c1-3-5-6(4-2)7(8)9/h2,6H,3,5H2,1H3. The molecule has 1 radical (unpaired) electrons. The van der Waals surface area contributed by atoms with Gasteiger partial charge in [-0.1, -0.05) is 19.3 Å². The predicted molar refractivity (Wildman–Crippen MR) is 39.8 cm³/mol. The van der Waals surface area contributed by atoms with Gasteiger partial charge in [0.1, 0.15) is 0 Å². The van der Waals surface area contributed by atoms with Gasteiger partial charge in [-0.25, -0.2) is 0 Å². The van der Waals surface area contributed by atoms with Crippen LogP contribution in [0.2, 0.25) is 0 Å². The highest BCUT2D eigenvalue weighted by Gasteiger charge is 2.09. The van der Waals surface area contributed by atoms with Crippen molar-refractivity contribution >= 4 is 17.7 Å². The highest BCUT2D eigenvalue weighted by atomic mass is 32.1. The number of hydrogen-bond acceptors (Lipinski definition) is 1. The maximum absolute atomic E-state index is 10.4. The van der Waals surface area contributed by atoms with E-state index in [9.17, 15) is 4.79 Å². The summed E-state index contributed by atoms with van der Waals surface area (Å²) in [6.07, 6.45) is 6.66. The summed E-state index contributed by atoms with van der Waals surface area (Å²) in [7, 11) is 0. The molecule has 1 atom stereocenters. The van der Waals surface area contributed by atoms with E-state index < -0.39 is 0 Å². The number of terminal acetylenes is 1. The average molecular weight is 141 g/mol. The summed E-state index contributed by atoms with van der Waals surface area (Å²) in [4.78, 5) is 10.4. The molecule has 0 spiro atoms. The van der Waals surface area contributed by atoms with Crippen molar-refractivity contribution in [3.05, 3.63) is 0 Å². The Bertz CT molecular complexity index is 134. The molecule has 0 aliphatic carbocycles. The SMILES string of the molecule is C#CC(CCC)C(=O)[S]. The summed E-state index contributed by atoms with van der Waals surface area (Å²) >= 11 is 4.38. The zero-order chi connectivity index (χ0) is 7.28. The Hall–Kier alpha value is -0.550. The first-order valence-corrected chi connectivity index (χ1v) is 3.30. The van der Waals surface area contributed by atoms with Gasteiger partial charge in [-0.3, -0.25) is 4.79 Å². The molecule has 0 bridgehead atoms. The Morgan fingerprint density at radius 1 is 1.89 bits per heavy atom. The van der Waals surface area contributed by atoms with Gasteiger partial charge in [0.25, 0.3) is 0 Å². The zero-order valence-corrected chi connectivity index (χ0v) is 6.20. The molecule has 9 heavy (non-hydrogen) atoms. The van der Waals surface area contributed by atoms with Gasteiger partial charge in [0.2, 0.25) is 5.12 Å². The molecule has 0 N–H and O–H groups in total. The molecular weight excluding hydrogens is 132 g/mol. The molecule has 0 aromatic rings. The lowest BCUT2D eigenvalue weighted by Gasteiger charge is -1.99. The molecule has 49 valence electrons. The van der Waals surface area contributed by atoms with Gasteiger partial charge < -0.3 is 0 Å². The Labute approximate surface area is 61.2 Å². The van der Waals surface area contributed by atoms with Gasteiger partial charge in [0, 0.05) is 0 Å². The Morgan fingerprint density at radius 2 is 2.44 bits per heavy atom. The van der Waals surface area contributed by atoms with E-state index in [1.807, 2.05) is 6.92 Å². The van der Waals surface area contributed by atoms with Crippen molar-refractivity contribution in [2.24, 2.45) is 5.92 Å². The summed E-state index contributed by atoms with van der Waals surface area (Å²) in [5, 5.41) is -0.306. The molecule has 0 aromatic carbocycles. The predicted octanol–water partition coefficient (Wildman–Crippen LogP) is 1.76. The molecule has 0 rings (SSSR count). The average Bonchev–Trinajstić information content (AvgIpc) is 1.82. The van der Waals surface area contributed by atoms with Crippen LogP contribution in [0, 0.1) is 18.3 Å². The summed E-state index contributed by atoms with van der Waals surface area (Å²) in [5.74, 6) is 2.02. The van der Waals surface area contributed by atoms with E-state index >= 15 is 0 Å². The smallest absolute Gasteiger partial charge is 0.233 e. The lowest BCUT2D eigenvalue weighted by Crippen LogP contribution is -2.04. The molecule has 0 fully saturated rings. The number of carbonyl (C=O) groups is 1. The summed E-state index contributed by atoms with van der Waals surface area (Å²) in [6, 6.07) is 0. The largest absolute Gasteiger partial charge is 0.281 e. The molecule has 2 heteroatoms. The summed E-state index contributed by atoms with van der Waals surface area (Å²) in [6.45, 7) is 1.97. The zero-order valence-electron chi connectivity index (χ0n) is 5.39. The minimum Gasteiger partial charge on any atom is -0.281 e. The van der Waals surface area contributed by atoms with E-state index in [1.54, 1.807) is 0 Å². The number of hydrogen-bond donors (Lipinski definition) is 0. The van der Waals surface area contributed by atoms with Gasteiger partial charge >= 0.3 is 0 Å². The van der Waals surface area contributed by atoms with Crippen molar-refractivity contribution < 1.29 is 4.79 Å². The Morgan fingerprint density at radius 3 is 2.56 bits per heavy atom. The number of carbonyl (C=O) groups excluding carboxylic acids is 1. The fraction of sp³-hybridized carbons (Fsp3) is 0.571. The van der Waals surface area contributed by atoms with Crippen LogP contribution in [-0.4, -0.2) is 5.12 Å². The summed E-state index contributed by atoms with van der Waals surface area (Å²) < 4.78 is 0. The fourth-order valence-electron chi connectivity index (χ4n) is 0.558. The maximum atomic E-state index is 10.4. The first-order valence-electron chi connectivity index (χ1n) is 2.89. The van der Waals surface area contributed by atoms with Crippen molar-refractivity contribution in [3.8, 4) is 12.3 Å². The highest BCUT2D eigenvalue weighted by Crippen LogP contribution is 2.07. The van der Waals surface area contributed by atoms with Gasteiger partial charge in [-0.15, -0.1) is 6.42 Å². The van der Waals surface area contributed by atoms with Gasteiger partial charge in [-0.2, -0.15) is 0 Å². The summed E-state index contributed by atoms with van der Waals surface area (Å²) in [5.41, 5.74) is 0. The highest BCUT2D eigenvalue weighted by molar-refractivity contribution is 7.96. The van der Waals surface area contributed by atoms with Crippen LogP contribution in [0.15, 0.2) is 0 Å². The molecular formula is C7H9OS. The van der Waals surface area contributed by atoms with Crippen LogP contribution in [0.5, 0.6) is 0 Å². The van der Waals surface area contributed by atoms with Gasteiger partial charge in [0.15, 0.2) is 0 Å². The van der Waals surface area contributed by atoms with Crippen LogP contribution >= 0.6 is 12.6 Å². The van der Waals surface area contributed by atoms with E-state index in [1.165, 1.54) is 0 Å². The number of rotatable bonds is 3.